The molecule has 2 rings (SSSR count). The zero-order chi connectivity index (χ0) is 14.0. The summed E-state index contributed by atoms with van der Waals surface area (Å²) in [7, 11) is 0. The summed E-state index contributed by atoms with van der Waals surface area (Å²) in [5, 5.41) is 0. The lowest BCUT2D eigenvalue weighted by Crippen LogP contribution is -2.51. The number of carbonyl (C=O) groups is 1. The molecule has 0 bridgehead atoms. The van der Waals surface area contributed by atoms with Gasteiger partial charge in [0.1, 0.15) is 0 Å². The maximum absolute atomic E-state index is 12.6. The van der Waals surface area contributed by atoms with Crippen molar-refractivity contribution in [1.29, 1.82) is 0 Å². The number of hydrogen-bond acceptors (Lipinski definition) is 2. The first kappa shape index (κ1) is 14.8. The molecule has 1 aliphatic carbocycles. The van der Waals surface area contributed by atoms with Crippen LogP contribution in [-0.2, 0) is 4.79 Å². The number of fused-ring (bicyclic) bond motifs is 1. The Balaban J connectivity index is 1.97. The quantitative estimate of drug-likeness (QED) is 0.835. The molecule has 2 fully saturated rings. The fourth-order valence-electron chi connectivity index (χ4n) is 3.55. The summed E-state index contributed by atoms with van der Waals surface area (Å²) in [6.07, 6.45) is 8.17. The van der Waals surface area contributed by atoms with Crippen LogP contribution in [0.4, 0.5) is 0 Å². The third kappa shape index (κ3) is 3.50. The van der Waals surface area contributed by atoms with Gasteiger partial charge in [0.2, 0.25) is 5.91 Å². The predicted molar refractivity (Wildman–Crippen MR) is 78.7 cm³/mol. The molecule has 1 saturated heterocycles. The van der Waals surface area contributed by atoms with Gasteiger partial charge in [0, 0.05) is 25.0 Å². The lowest BCUT2D eigenvalue weighted by Gasteiger charge is -2.44. The lowest BCUT2D eigenvalue weighted by molar-refractivity contribution is -0.138. The van der Waals surface area contributed by atoms with Crippen LogP contribution >= 0.6 is 0 Å². The first-order chi connectivity index (χ1) is 8.89. The van der Waals surface area contributed by atoms with Gasteiger partial charge in [-0.25, -0.2) is 0 Å². The van der Waals surface area contributed by atoms with Crippen LogP contribution in [0.5, 0.6) is 0 Å². The number of carbonyl (C=O) groups excluding carboxylic acids is 1. The van der Waals surface area contributed by atoms with Crippen LogP contribution < -0.4 is 5.73 Å². The SMILES string of the molecule is CC(C)(C)C(N)CC(=O)N1CCC[C@H]2CCCC[C@H]21. The Kier molecular flexibility index (Phi) is 4.54. The first-order valence-corrected chi connectivity index (χ1v) is 7.94. The van der Waals surface area contributed by atoms with E-state index in [2.05, 4.69) is 25.7 Å². The van der Waals surface area contributed by atoms with Crippen LogP contribution in [0.15, 0.2) is 0 Å². The molecule has 3 heteroatoms. The zero-order valence-electron chi connectivity index (χ0n) is 12.8. The van der Waals surface area contributed by atoms with Gasteiger partial charge in [-0.05, 0) is 37.0 Å². The van der Waals surface area contributed by atoms with Crippen molar-refractivity contribution in [2.75, 3.05) is 6.54 Å². The van der Waals surface area contributed by atoms with Crippen LogP contribution in [0, 0.1) is 11.3 Å². The van der Waals surface area contributed by atoms with Crippen LogP contribution in [0.3, 0.4) is 0 Å². The Labute approximate surface area is 117 Å². The van der Waals surface area contributed by atoms with Gasteiger partial charge >= 0.3 is 0 Å². The number of nitrogens with two attached hydrogens (primary N) is 1. The van der Waals surface area contributed by atoms with E-state index in [1.54, 1.807) is 0 Å². The number of likely N-dealkylation sites (tertiary alicyclic amines) is 1. The van der Waals surface area contributed by atoms with E-state index in [9.17, 15) is 4.79 Å². The van der Waals surface area contributed by atoms with Gasteiger partial charge < -0.3 is 10.6 Å². The number of rotatable bonds is 2. The standard InChI is InChI=1S/C16H30N2O/c1-16(2,3)14(17)11-15(19)18-10-6-8-12-7-4-5-9-13(12)18/h12-14H,4-11,17H2,1-3H3/t12-,13-,14?/m1/s1. The number of hydrogen-bond donors (Lipinski definition) is 1. The van der Waals surface area contributed by atoms with E-state index in [4.69, 9.17) is 5.73 Å². The molecule has 19 heavy (non-hydrogen) atoms. The highest BCUT2D eigenvalue weighted by Crippen LogP contribution is 2.35. The summed E-state index contributed by atoms with van der Waals surface area (Å²) in [6.45, 7) is 7.30. The van der Waals surface area contributed by atoms with Gasteiger partial charge in [0.05, 0.1) is 0 Å². The topological polar surface area (TPSA) is 46.3 Å². The van der Waals surface area contributed by atoms with Crippen LogP contribution in [0.2, 0.25) is 0 Å². The van der Waals surface area contributed by atoms with Crippen LogP contribution in [0.25, 0.3) is 0 Å². The monoisotopic (exact) mass is 266 g/mol. The fourth-order valence-corrected chi connectivity index (χ4v) is 3.55. The average molecular weight is 266 g/mol. The maximum atomic E-state index is 12.6. The largest absolute Gasteiger partial charge is 0.339 e. The Hall–Kier alpha value is -0.570. The Morgan fingerprint density at radius 3 is 2.53 bits per heavy atom. The molecular weight excluding hydrogens is 236 g/mol. The van der Waals surface area contributed by atoms with Gasteiger partial charge in [-0.3, -0.25) is 4.79 Å². The highest BCUT2D eigenvalue weighted by atomic mass is 16.2. The third-order valence-corrected chi connectivity index (χ3v) is 5.07. The molecule has 2 aliphatic rings. The van der Waals surface area contributed by atoms with Gasteiger partial charge in [0.15, 0.2) is 0 Å². The van der Waals surface area contributed by atoms with Crippen molar-refractivity contribution < 1.29 is 4.79 Å². The van der Waals surface area contributed by atoms with Crippen molar-refractivity contribution in [2.24, 2.45) is 17.1 Å². The van der Waals surface area contributed by atoms with Crippen molar-refractivity contribution >= 4 is 5.91 Å². The summed E-state index contributed by atoms with van der Waals surface area (Å²) in [4.78, 5) is 14.7. The summed E-state index contributed by atoms with van der Waals surface area (Å²) in [5.74, 6) is 1.05. The summed E-state index contributed by atoms with van der Waals surface area (Å²) >= 11 is 0. The third-order valence-electron chi connectivity index (χ3n) is 5.07. The minimum absolute atomic E-state index is 0.0113. The molecule has 110 valence electrons. The minimum Gasteiger partial charge on any atom is -0.339 e. The van der Waals surface area contributed by atoms with E-state index in [0.29, 0.717) is 18.4 Å². The van der Waals surface area contributed by atoms with E-state index in [-0.39, 0.29) is 11.5 Å². The molecular formula is C16H30N2O. The number of nitrogens with zero attached hydrogens (tertiary/aromatic N) is 1. The summed E-state index contributed by atoms with van der Waals surface area (Å²) < 4.78 is 0. The molecule has 0 aromatic rings. The average Bonchev–Trinajstić information content (AvgIpc) is 2.36. The van der Waals surface area contributed by atoms with Crippen molar-refractivity contribution in [3.8, 4) is 0 Å². The fraction of sp³-hybridized carbons (Fsp3) is 0.938. The highest BCUT2D eigenvalue weighted by Gasteiger charge is 2.36. The van der Waals surface area contributed by atoms with Gasteiger partial charge in [-0.1, -0.05) is 33.6 Å². The van der Waals surface area contributed by atoms with Gasteiger partial charge in [-0.15, -0.1) is 0 Å². The lowest BCUT2D eigenvalue weighted by atomic mass is 9.78. The molecule has 1 aliphatic heterocycles. The second-order valence-corrected chi connectivity index (χ2v) is 7.52. The van der Waals surface area contributed by atoms with E-state index in [1.165, 1.54) is 38.5 Å². The molecule has 3 atom stereocenters. The van der Waals surface area contributed by atoms with E-state index in [0.717, 1.165) is 12.5 Å². The highest BCUT2D eigenvalue weighted by molar-refractivity contribution is 5.77. The van der Waals surface area contributed by atoms with Gasteiger partial charge in [0.25, 0.3) is 0 Å². The second kappa shape index (κ2) is 5.82. The Bertz CT molecular complexity index is 319. The zero-order valence-corrected chi connectivity index (χ0v) is 12.8. The molecule has 1 saturated carbocycles. The minimum atomic E-state index is -0.0380. The van der Waals surface area contributed by atoms with Crippen molar-refractivity contribution in [3.05, 3.63) is 0 Å². The van der Waals surface area contributed by atoms with E-state index >= 15 is 0 Å². The van der Waals surface area contributed by atoms with Crippen molar-refractivity contribution in [3.63, 3.8) is 0 Å². The Morgan fingerprint density at radius 2 is 1.84 bits per heavy atom. The molecule has 3 nitrogen and oxygen atoms in total. The summed E-state index contributed by atoms with van der Waals surface area (Å²) in [6, 6.07) is 0.478. The molecule has 0 spiro atoms. The molecule has 1 amide bonds. The number of amides is 1. The smallest absolute Gasteiger partial charge is 0.224 e. The van der Waals surface area contributed by atoms with E-state index < -0.39 is 0 Å². The normalized spacial score (nSPS) is 29.8. The van der Waals surface area contributed by atoms with Crippen molar-refractivity contribution in [2.45, 2.75) is 77.8 Å². The van der Waals surface area contributed by atoms with Gasteiger partial charge in [-0.2, -0.15) is 0 Å². The second-order valence-electron chi connectivity index (χ2n) is 7.52. The molecule has 1 unspecified atom stereocenters. The predicted octanol–water partition coefficient (Wildman–Crippen LogP) is 2.93. The Morgan fingerprint density at radius 1 is 1.21 bits per heavy atom. The molecule has 0 aromatic heterocycles. The van der Waals surface area contributed by atoms with E-state index in [1.807, 2.05) is 0 Å². The molecule has 0 aromatic carbocycles. The van der Waals surface area contributed by atoms with Crippen LogP contribution in [0.1, 0.15) is 65.7 Å². The first-order valence-electron chi connectivity index (χ1n) is 7.94. The molecule has 2 N–H and O–H groups in total. The van der Waals surface area contributed by atoms with Crippen LogP contribution in [-0.4, -0.2) is 29.4 Å². The molecule has 0 radical (unpaired) electrons. The molecule has 1 heterocycles. The summed E-state index contributed by atoms with van der Waals surface area (Å²) in [5.41, 5.74) is 6.19. The maximum Gasteiger partial charge on any atom is 0.224 e. The number of piperidine rings is 1. The van der Waals surface area contributed by atoms with Crippen molar-refractivity contribution in [1.82, 2.24) is 4.90 Å².